The fourth-order valence-electron chi connectivity index (χ4n) is 5.19. The number of nitrogen functional groups attached to an aromatic ring is 1. The van der Waals surface area contributed by atoms with Crippen molar-refractivity contribution in [2.45, 2.75) is 44.6 Å². The molecule has 4 heterocycles. The number of alkyl carbamates (subject to hydrolysis) is 1. The number of carbonyl (C=O) groups is 3. The smallest absolute Gasteiger partial charge is 0.407 e. The van der Waals surface area contributed by atoms with E-state index in [0.29, 0.717) is 28.2 Å². The van der Waals surface area contributed by atoms with Gasteiger partial charge in [-0.1, -0.05) is 34.1 Å². The molecule has 0 spiro atoms. The number of anilines is 1. The minimum Gasteiger partial charge on any atom is -0.458 e. The second kappa shape index (κ2) is 11.9. The summed E-state index contributed by atoms with van der Waals surface area (Å²) in [5.41, 5.74) is 9.01. The molecule has 0 bridgehead atoms. The van der Waals surface area contributed by atoms with Gasteiger partial charge >= 0.3 is 18.0 Å². The Morgan fingerprint density at radius 1 is 1.16 bits per heavy atom. The zero-order valence-corrected chi connectivity index (χ0v) is 25.1. The first-order valence-electron chi connectivity index (χ1n) is 13.8. The zero-order chi connectivity index (χ0) is 31.9. The summed E-state index contributed by atoms with van der Waals surface area (Å²) >= 11 is 3.52. The van der Waals surface area contributed by atoms with Crippen LogP contribution in [0.5, 0.6) is 0 Å². The molecule has 11 nitrogen and oxygen atoms in total. The average Bonchev–Trinajstić information content (AvgIpc) is 3.37. The zero-order valence-electron chi connectivity index (χ0n) is 23.5. The molecule has 4 aromatic rings. The number of amides is 1. The number of esters is 2. The Morgan fingerprint density at radius 3 is 2.71 bits per heavy atom. The van der Waals surface area contributed by atoms with E-state index in [1.807, 2.05) is 29.6 Å². The summed E-state index contributed by atoms with van der Waals surface area (Å²) in [6.07, 6.45) is -4.44. The molecule has 3 N–H and O–H groups in total. The Balaban J connectivity index is 1.11. The molecule has 1 unspecified atom stereocenters. The molecular formula is C31H25BrF2N4O7. The van der Waals surface area contributed by atoms with Gasteiger partial charge in [-0.25, -0.2) is 23.4 Å². The molecule has 0 radical (unpaired) electrons. The van der Waals surface area contributed by atoms with Gasteiger partial charge in [0, 0.05) is 33.1 Å². The third-order valence-electron chi connectivity index (χ3n) is 7.53. The second-order valence-electron chi connectivity index (χ2n) is 10.7. The minimum absolute atomic E-state index is 0.122. The first-order valence-corrected chi connectivity index (χ1v) is 14.6. The van der Waals surface area contributed by atoms with Gasteiger partial charge in [-0.3, -0.25) is 9.59 Å². The van der Waals surface area contributed by atoms with Gasteiger partial charge in [-0.15, -0.1) is 0 Å². The van der Waals surface area contributed by atoms with Crippen LogP contribution in [0.15, 0.2) is 63.9 Å². The van der Waals surface area contributed by atoms with Crippen LogP contribution in [0.1, 0.15) is 41.2 Å². The van der Waals surface area contributed by atoms with Crippen LogP contribution < -0.4 is 16.6 Å². The summed E-state index contributed by atoms with van der Waals surface area (Å²) in [5, 5.41) is 2.84. The Labute approximate surface area is 262 Å². The lowest BCUT2D eigenvalue weighted by Crippen LogP contribution is -2.37. The molecule has 0 saturated carbocycles. The fourth-order valence-corrected chi connectivity index (χ4v) is 5.66. The van der Waals surface area contributed by atoms with Crippen molar-refractivity contribution >= 4 is 50.6 Å². The van der Waals surface area contributed by atoms with E-state index in [0.717, 1.165) is 15.4 Å². The maximum atomic E-state index is 14.5. The average molecular weight is 683 g/mol. The highest BCUT2D eigenvalue weighted by atomic mass is 79.9. The third kappa shape index (κ3) is 6.23. The number of halogens is 3. The third-order valence-corrected chi connectivity index (χ3v) is 8.22. The monoisotopic (exact) mass is 682 g/mol. The summed E-state index contributed by atoms with van der Waals surface area (Å²) in [6, 6.07) is 15.5. The van der Waals surface area contributed by atoms with Crippen LogP contribution >= 0.6 is 15.9 Å². The molecule has 232 valence electrons. The predicted molar refractivity (Wildman–Crippen MR) is 160 cm³/mol. The number of nitrogens with two attached hydrogens (primary N) is 1. The number of benzene rings is 2. The summed E-state index contributed by atoms with van der Waals surface area (Å²) in [7, 11) is 0. The Morgan fingerprint density at radius 2 is 1.93 bits per heavy atom. The molecule has 1 amide bonds. The van der Waals surface area contributed by atoms with Crippen LogP contribution in [0, 0.1) is 0 Å². The predicted octanol–water partition coefficient (Wildman–Crippen LogP) is 4.75. The summed E-state index contributed by atoms with van der Waals surface area (Å²) in [5.74, 6) is -5.52. The van der Waals surface area contributed by atoms with Crippen LogP contribution in [0.2, 0.25) is 0 Å². The topological polar surface area (TPSA) is 152 Å². The van der Waals surface area contributed by atoms with E-state index in [1.54, 1.807) is 30.3 Å². The first-order chi connectivity index (χ1) is 21.5. The highest BCUT2D eigenvalue weighted by molar-refractivity contribution is 9.10. The quantitative estimate of drug-likeness (QED) is 0.134. The van der Waals surface area contributed by atoms with Gasteiger partial charge in [0.2, 0.25) is 6.10 Å². The number of rotatable bonds is 8. The summed E-state index contributed by atoms with van der Waals surface area (Å²) in [6.45, 7) is -1.31. The lowest BCUT2D eigenvalue weighted by molar-refractivity contribution is -0.172. The van der Waals surface area contributed by atoms with Crippen molar-refractivity contribution in [1.29, 1.82) is 0 Å². The van der Waals surface area contributed by atoms with E-state index in [1.165, 1.54) is 4.57 Å². The normalized spacial score (nSPS) is 15.1. The number of cyclic esters (lactones) is 1. The molecule has 0 saturated heterocycles. The molecule has 2 aromatic heterocycles. The maximum absolute atomic E-state index is 14.5. The van der Waals surface area contributed by atoms with Crippen LogP contribution in [-0.4, -0.2) is 40.1 Å². The number of nitrogens with one attached hydrogen (secondary N) is 1. The summed E-state index contributed by atoms with van der Waals surface area (Å²) in [4.78, 5) is 55.4. The first kappa shape index (κ1) is 30.2. The van der Waals surface area contributed by atoms with Crippen LogP contribution in [0.25, 0.3) is 22.3 Å². The van der Waals surface area contributed by atoms with Crippen LogP contribution in [-0.2, 0) is 43.6 Å². The number of hydrogen-bond acceptors (Lipinski definition) is 9. The number of aromatic nitrogens is 2. The SMILES string of the molecule is Nc1ccc(COC(=O)NCC(F)(F)CCC(=O)OC2C(=O)OCc3c2cc2n(c3=O)Cc3cc4c(Br)cccc4nc3-2)cc1. The van der Waals surface area contributed by atoms with E-state index in [9.17, 15) is 28.0 Å². The fraction of sp³-hybridized carbons (Fsp3) is 0.258. The van der Waals surface area contributed by atoms with Crippen molar-refractivity contribution in [3.05, 3.63) is 91.7 Å². The number of ether oxygens (including phenoxy) is 3. The van der Waals surface area contributed by atoms with Crippen LogP contribution in [0.3, 0.4) is 0 Å². The van der Waals surface area contributed by atoms with Gasteiger partial charge in [0.15, 0.2) is 0 Å². The number of alkyl halides is 2. The van der Waals surface area contributed by atoms with E-state index < -0.39 is 55.0 Å². The van der Waals surface area contributed by atoms with Crippen molar-refractivity contribution in [3.8, 4) is 11.4 Å². The molecule has 6 rings (SSSR count). The Hall–Kier alpha value is -4.85. The van der Waals surface area contributed by atoms with Gasteiger partial charge in [0.05, 0.1) is 42.0 Å². The molecule has 2 aromatic carbocycles. The number of carbonyl (C=O) groups excluding carboxylic acids is 3. The number of pyridine rings is 2. The molecule has 14 heteroatoms. The lowest BCUT2D eigenvalue weighted by Gasteiger charge is -2.25. The minimum atomic E-state index is -3.49. The summed E-state index contributed by atoms with van der Waals surface area (Å²) < 4.78 is 46.7. The number of fused-ring (bicyclic) bond motifs is 5. The van der Waals surface area contributed by atoms with Gasteiger partial charge in [-0.05, 0) is 42.0 Å². The van der Waals surface area contributed by atoms with E-state index in [4.69, 9.17) is 24.9 Å². The molecule has 1 atom stereocenters. The molecule has 45 heavy (non-hydrogen) atoms. The van der Waals surface area contributed by atoms with E-state index in [2.05, 4.69) is 15.9 Å². The highest BCUT2D eigenvalue weighted by Crippen LogP contribution is 2.37. The highest BCUT2D eigenvalue weighted by Gasteiger charge is 2.38. The molecule has 2 aliphatic heterocycles. The van der Waals surface area contributed by atoms with Crippen molar-refractivity contribution < 1.29 is 37.4 Å². The van der Waals surface area contributed by atoms with Crippen molar-refractivity contribution in [2.24, 2.45) is 0 Å². The Bertz CT molecular complexity index is 1910. The van der Waals surface area contributed by atoms with Crippen molar-refractivity contribution in [2.75, 3.05) is 12.3 Å². The van der Waals surface area contributed by atoms with Crippen LogP contribution in [0.4, 0.5) is 19.3 Å². The Kier molecular flexibility index (Phi) is 7.99. The molecule has 2 aliphatic rings. The van der Waals surface area contributed by atoms with Crippen molar-refractivity contribution in [1.82, 2.24) is 14.9 Å². The molecule has 0 fully saturated rings. The van der Waals surface area contributed by atoms with Crippen molar-refractivity contribution in [3.63, 3.8) is 0 Å². The van der Waals surface area contributed by atoms with Gasteiger partial charge in [0.25, 0.3) is 11.5 Å². The standard InChI is InChI=1S/C31H25BrF2N4O7/c32-22-2-1-3-23-20(22)10-17-12-38-24(26(17)37-23)11-19-21(28(38)40)14-43-29(41)27(19)45-25(39)8-9-31(33,34)15-36-30(42)44-13-16-4-6-18(35)7-5-16/h1-7,10-11,27H,8-9,12-15,35H2,(H,36,42). The maximum Gasteiger partial charge on any atom is 0.407 e. The second-order valence-corrected chi connectivity index (χ2v) is 11.5. The lowest BCUT2D eigenvalue weighted by atomic mass is 10.00. The number of hydrogen-bond donors (Lipinski definition) is 2. The van der Waals surface area contributed by atoms with E-state index >= 15 is 0 Å². The molecular weight excluding hydrogens is 658 g/mol. The van der Waals surface area contributed by atoms with Gasteiger partial charge in [0.1, 0.15) is 13.2 Å². The molecule has 0 aliphatic carbocycles. The largest absolute Gasteiger partial charge is 0.458 e. The van der Waals surface area contributed by atoms with Gasteiger partial charge in [-0.2, -0.15) is 0 Å². The van der Waals surface area contributed by atoms with Gasteiger partial charge < -0.3 is 29.8 Å². The number of nitrogens with zero attached hydrogens (tertiary/aromatic N) is 2. The van der Waals surface area contributed by atoms with E-state index in [-0.39, 0.29) is 30.9 Å².